The van der Waals surface area contributed by atoms with Crippen molar-refractivity contribution < 1.29 is 14.3 Å². The summed E-state index contributed by atoms with van der Waals surface area (Å²) in [6.07, 6.45) is 0.251. The van der Waals surface area contributed by atoms with E-state index in [0.29, 0.717) is 11.4 Å². The molecule has 94 valence electrons. The third kappa shape index (κ3) is 4.99. The third-order valence-corrected chi connectivity index (χ3v) is 1.88. The minimum atomic E-state index is -0.425. The molecule has 0 aromatic heterocycles. The number of ether oxygens (including phenoxy) is 1. The van der Waals surface area contributed by atoms with Crippen LogP contribution in [0.2, 0.25) is 0 Å². The minimum absolute atomic E-state index is 0.251. The summed E-state index contributed by atoms with van der Waals surface area (Å²) in [5.74, 6) is -0.0667. The zero-order chi connectivity index (χ0) is 13.4. The Kier molecular flexibility index (Phi) is 5.19. The Morgan fingerprint density at radius 1 is 1.44 bits per heavy atom. The summed E-state index contributed by atoms with van der Waals surface area (Å²) in [6, 6.07) is 7.97. The van der Waals surface area contributed by atoms with Gasteiger partial charge in [0.15, 0.2) is 0 Å². The smallest absolute Gasteiger partial charge is 0.319 e. The number of urea groups is 1. The number of nitrogens with zero attached hydrogens (tertiary/aromatic N) is 1. The Labute approximate surface area is 105 Å². The first-order valence-corrected chi connectivity index (χ1v) is 5.32. The fraction of sp³-hybridized carbons (Fsp3) is 0.250. The summed E-state index contributed by atoms with van der Waals surface area (Å²) in [4.78, 5) is 22.1. The van der Waals surface area contributed by atoms with Crippen LogP contribution in [-0.2, 0) is 4.79 Å². The zero-order valence-corrected chi connectivity index (χ0v) is 9.90. The average Bonchev–Trinajstić information content (AvgIpc) is 2.28. The highest BCUT2D eigenvalue weighted by Gasteiger charge is 2.03. The van der Waals surface area contributed by atoms with Gasteiger partial charge in [0.2, 0.25) is 0 Å². The Bertz CT molecular complexity index is 480. The molecule has 0 aliphatic rings. The quantitative estimate of drug-likeness (QED) is 0.480. The van der Waals surface area contributed by atoms with E-state index in [2.05, 4.69) is 10.6 Å². The Balaban J connectivity index is 2.54. The highest BCUT2D eigenvalue weighted by Crippen LogP contribution is 2.17. The van der Waals surface area contributed by atoms with Gasteiger partial charge in [-0.3, -0.25) is 4.79 Å². The molecule has 0 unspecified atom stereocenters. The van der Waals surface area contributed by atoms with Crippen LogP contribution in [0.4, 0.5) is 10.5 Å². The normalized spacial score (nSPS) is 9.11. The van der Waals surface area contributed by atoms with Gasteiger partial charge in [0, 0.05) is 25.2 Å². The van der Waals surface area contributed by atoms with E-state index in [1.165, 1.54) is 13.0 Å². The molecule has 6 heteroatoms. The van der Waals surface area contributed by atoms with Gasteiger partial charge in [-0.15, -0.1) is 0 Å². The molecule has 0 bridgehead atoms. The van der Waals surface area contributed by atoms with Crippen molar-refractivity contribution in [2.75, 3.05) is 11.9 Å². The number of anilines is 1. The van der Waals surface area contributed by atoms with Crippen molar-refractivity contribution >= 4 is 17.7 Å². The van der Waals surface area contributed by atoms with Crippen LogP contribution in [-0.4, -0.2) is 18.5 Å². The Hall–Kier alpha value is -2.55. The molecule has 1 aromatic rings. The molecule has 1 rings (SSSR count). The van der Waals surface area contributed by atoms with Crippen LogP contribution in [0.15, 0.2) is 24.3 Å². The number of rotatable bonds is 4. The van der Waals surface area contributed by atoms with E-state index in [9.17, 15) is 9.59 Å². The van der Waals surface area contributed by atoms with Crippen molar-refractivity contribution in [3.63, 3.8) is 0 Å². The number of benzene rings is 1. The van der Waals surface area contributed by atoms with E-state index in [0.717, 1.165) is 0 Å². The van der Waals surface area contributed by atoms with Gasteiger partial charge in [-0.1, -0.05) is 6.07 Å². The lowest BCUT2D eigenvalue weighted by Gasteiger charge is -2.07. The fourth-order valence-electron chi connectivity index (χ4n) is 1.21. The van der Waals surface area contributed by atoms with E-state index in [1.807, 2.05) is 6.07 Å². The molecular weight excluding hydrogens is 234 g/mol. The van der Waals surface area contributed by atoms with Crippen LogP contribution in [0.25, 0.3) is 0 Å². The Morgan fingerprint density at radius 3 is 2.89 bits per heavy atom. The first-order valence-electron chi connectivity index (χ1n) is 5.32. The van der Waals surface area contributed by atoms with Gasteiger partial charge in [0.05, 0.1) is 12.5 Å². The SMILES string of the molecule is CC(=O)Oc1cccc(NC(=O)NCCC#N)c1. The molecule has 0 spiro atoms. The first kappa shape index (κ1) is 13.5. The van der Waals surface area contributed by atoms with Crippen molar-refractivity contribution in [3.8, 4) is 11.8 Å². The number of amides is 2. The summed E-state index contributed by atoms with van der Waals surface area (Å²) in [6.45, 7) is 1.58. The molecule has 0 radical (unpaired) electrons. The van der Waals surface area contributed by atoms with Gasteiger partial charge >= 0.3 is 12.0 Å². The fourth-order valence-corrected chi connectivity index (χ4v) is 1.21. The van der Waals surface area contributed by atoms with Crippen LogP contribution in [0.3, 0.4) is 0 Å². The molecule has 0 saturated carbocycles. The van der Waals surface area contributed by atoms with Crippen molar-refractivity contribution in [3.05, 3.63) is 24.3 Å². The molecule has 0 atom stereocenters. The minimum Gasteiger partial charge on any atom is -0.427 e. The van der Waals surface area contributed by atoms with Crippen LogP contribution < -0.4 is 15.4 Å². The van der Waals surface area contributed by atoms with Crippen LogP contribution >= 0.6 is 0 Å². The molecule has 2 N–H and O–H groups in total. The van der Waals surface area contributed by atoms with Crippen molar-refractivity contribution in [1.82, 2.24) is 5.32 Å². The number of carbonyl (C=O) groups excluding carboxylic acids is 2. The molecule has 6 nitrogen and oxygen atoms in total. The lowest BCUT2D eigenvalue weighted by Crippen LogP contribution is -2.29. The maximum Gasteiger partial charge on any atom is 0.319 e. The summed E-state index contributed by atoms with van der Waals surface area (Å²) in [7, 11) is 0. The molecule has 0 saturated heterocycles. The zero-order valence-electron chi connectivity index (χ0n) is 9.90. The van der Waals surface area contributed by atoms with Crippen LogP contribution in [0.5, 0.6) is 5.75 Å². The molecular formula is C12H13N3O3. The molecule has 18 heavy (non-hydrogen) atoms. The molecule has 0 heterocycles. The van der Waals surface area contributed by atoms with E-state index in [4.69, 9.17) is 10.00 Å². The summed E-state index contributed by atoms with van der Waals surface area (Å²) >= 11 is 0. The number of carbonyl (C=O) groups is 2. The van der Waals surface area contributed by atoms with Gasteiger partial charge in [0.1, 0.15) is 5.75 Å². The summed E-state index contributed by atoms with van der Waals surface area (Å²) in [5.41, 5.74) is 0.503. The number of hydrogen-bond acceptors (Lipinski definition) is 4. The topological polar surface area (TPSA) is 91.2 Å². The highest BCUT2D eigenvalue weighted by molar-refractivity contribution is 5.89. The molecule has 0 aliphatic heterocycles. The maximum atomic E-state index is 11.4. The second-order valence-corrected chi connectivity index (χ2v) is 3.41. The summed E-state index contributed by atoms with van der Waals surface area (Å²) in [5, 5.41) is 13.4. The molecule has 1 aromatic carbocycles. The molecule has 2 amide bonds. The van der Waals surface area contributed by atoms with Crippen LogP contribution in [0, 0.1) is 11.3 Å². The van der Waals surface area contributed by atoms with E-state index < -0.39 is 12.0 Å². The second kappa shape index (κ2) is 6.91. The van der Waals surface area contributed by atoms with Gasteiger partial charge < -0.3 is 15.4 Å². The first-order chi connectivity index (χ1) is 8.61. The average molecular weight is 247 g/mol. The number of nitrogens with one attached hydrogen (secondary N) is 2. The number of esters is 1. The lowest BCUT2D eigenvalue weighted by molar-refractivity contribution is -0.131. The number of nitriles is 1. The standard InChI is InChI=1S/C12H13N3O3/c1-9(16)18-11-5-2-4-10(8-11)15-12(17)14-7-3-6-13/h2,4-5,8H,3,7H2,1H3,(H2,14,15,17). The predicted molar refractivity (Wildman–Crippen MR) is 65.0 cm³/mol. The lowest BCUT2D eigenvalue weighted by atomic mass is 10.3. The van der Waals surface area contributed by atoms with E-state index in [-0.39, 0.29) is 13.0 Å². The van der Waals surface area contributed by atoms with Crippen molar-refractivity contribution in [1.29, 1.82) is 5.26 Å². The highest BCUT2D eigenvalue weighted by atomic mass is 16.5. The monoisotopic (exact) mass is 247 g/mol. The molecule has 0 aliphatic carbocycles. The van der Waals surface area contributed by atoms with Crippen molar-refractivity contribution in [2.45, 2.75) is 13.3 Å². The predicted octanol–water partition coefficient (Wildman–Crippen LogP) is 1.65. The van der Waals surface area contributed by atoms with Gasteiger partial charge in [-0.2, -0.15) is 5.26 Å². The number of hydrogen-bond donors (Lipinski definition) is 2. The Morgan fingerprint density at radius 2 is 2.22 bits per heavy atom. The van der Waals surface area contributed by atoms with Crippen molar-refractivity contribution in [2.24, 2.45) is 0 Å². The second-order valence-electron chi connectivity index (χ2n) is 3.41. The third-order valence-electron chi connectivity index (χ3n) is 1.88. The van der Waals surface area contributed by atoms with Gasteiger partial charge in [-0.25, -0.2) is 4.79 Å². The largest absolute Gasteiger partial charge is 0.427 e. The molecule has 0 fully saturated rings. The van der Waals surface area contributed by atoms with E-state index in [1.54, 1.807) is 18.2 Å². The van der Waals surface area contributed by atoms with Crippen LogP contribution in [0.1, 0.15) is 13.3 Å². The van der Waals surface area contributed by atoms with E-state index >= 15 is 0 Å². The summed E-state index contributed by atoms with van der Waals surface area (Å²) < 4.78 is 4.88. The van der Waals surface area contributed by atoms with Gasteiger partial charge in [0.25, 0.3) is 0 Å². The maximum absolute atomic E-state index is 11.4. The van der Waals surface area contributed by atoms with Gasteiger partial charge in [-0.05, 0) is 12.1 Å².